The van der Waals surface area contributed by atoms with Gasteiger partial charge in [0.25, 0.3) is 0 Å². The fourth-order valence-corrected chi connectivity index (χ4v) is 2.30. The maximum absolute atomic E-state index is 11.6. The lowest BCUT2D eigenvalue weighted by atomic mass is 10.2. The van der Waals surface area contributed by atoms with E-state index in [-0.39, 0.29) is 23.1 Å². The van der Waals surface area contributed by atoms with Crippen molar-refractivity contribution in [3.8, 4) is 5.88 Å². The Balaban J connectivity index is 2.16. The summed E-state index contributed by atoms with van der Waals surface area (Å²) in [6.07, 6.45) is 0. The maximum Gasteiger partial charge on any atom is 0.344 e. The van der Waals surface area contributed by atoms with Gasteiger partial charge in [-0.2, -0.15) is 4.37 Å². The summed E-state index contributed by atoms with van der Waals surface area (Å²) in [5.41, 5.74) is 0.752. The number of hydrogen-bond acceptors (Lipinski definition) is 5. The molecule has 0 atom stereocenters. The SMILES string of the molecule is CN(C)C(=O)Nc1snc(OCc2ccccc2)c1C(=O)O. The van der Waals surface area contributed by atoms with Gasteiger partial charge in [0, 0.05) is 14.1 Å². The standard InChI is InChI=1S/C14H15N3O4S/c1-17(2)14(20)15-12-10(13(18)19)11(16-22-12)21-8-9-6-4-3-5-7-9/h3-7H,8H2,1-2H3,(H,15,20)(H,18,19). The molecule has 116 valence electrons. The summed E-state index contributed by atoms with van der Waals surface area (Å²) in [6.45, 7) is 0.200. The van der Waals surface area contributed by atoms with Crippen LogP contribution in [0.4, 0.5) is 9.80 Å². The minimum atomic E-state index is -1.20. The molecule has 8 heteroatoms. The first-order chi connectivity index (χ1) is 10.5. The van der Waals surface area contributed by atoms with Gasteiger partial charge in [0.05, 0.1) is 0 Å². The number of benzene rings is 1. The van der Waals surface area contributed by atoms with Crippen molar-refractivity contribution in [1.82, 2.24) is 9.27 Å². The van der Waals surface area contributed by atoms with E-state index in [0.717, 1.165) is 17.1 Å². The Kier molecular flexibility index (Phi) is 4.95. The number of nitrogens with zero attached hydrogens (tertiary/aromatic N) is 2. The van der Waals surface area contributed by atoms with Crippen LogP contribution in [0, 0.1) is 0 Å². The van der Waals surface area contributed by atoms with Crippen LogP contribution in [0.1, 0.15) is 15.9 Å². The fourth-order valence-electron chi connectivity index (χ4n) is 1.58. The third kappa shape index (κ3) is 3.73. The molecule has 22 heavy (non-hydrogen) atoms. The van der Waals surface area contributed by atoms with Crippen LogP contribution in [0.2, 0.25) is 0 Å². The number of carboxylic acid groups (broad SMARTS) is 1. The predicted molar refractivity (Wildman–Crippen MR) is 82.6 cm³/mol. The number of carbonyl (C=O) groups excluding carboxylic acids is 1. The van der Waals surface area contributed by atoms with Crippen LogP contribution in [0.15, 0.2) is 30.3 Å². The van der Waals surface area contributed by atoms with Gasteiger partial charge >= 0.3 is 12.0 Å². The van der Waals surface area contributed by atoms with E-state index in [1.165, 1.54) is 4.90 Å². The molecule has 0 radical (unpaired) electrons. The zero-order chi connectivity index (χ0) is 16.1. The summed E-state index contributed by atoms with van der Waals surface area (Å²) in [5.74, 6) is -1.21. The van der Waals surface area contributed by atoms with Gasteiger partial charge in [0.2, 0.25) is 5.88 Å². The highest BCUT2D eigenvalue weighted by Gasteiger charge is 2.23. The molecule has 2 N–H and O–H groups in total. The van der Waals surface area contributed by atoms with Crippen LogP contribution in [-0.2, 0) is 6.61 Å². The van der Waals surface area contributed by atoms with Crippen molar-refractivity contribution in [3.05, 3.63) is 41.5 Å². The molecule has 0 aliphatic carbocycles. The summed E-state index contributed by atoms with van der Waals surface area (Å²) in [5, 5.41) is 11.9. The van der Waals surface area contributed by atoms with Crippen molar-refractivity contribution >= 4 is 28.5 Å². The number of anilines is 1. The van der Waals surface area contributed by atoms with Gasteiger partial charge < -0.3 is 14.7 Å². The number of rotatable bonds is 5. The first-order valence-electron chi connectivity index (χ1n) is 6.37. The van der Waals surface area contributed by atoms with E-state index in [2.05, 4.69) is 9.69 Å². The number of nitrogens with one attached hydrogen (secondary N) is 1. The van der Waals surface area contributed by atoms with Crippen LogP contribution >= 0.6 is 11.5 Å². The van der Waals surface area contributed by atoms with Gasteiger partial charge in [-0.3, -0.25) is 5.32 Å². The van der Waals surface area contributed by atoms with E-state index in [0.29, 0.717) is 0 Å². The molecule has 2 rings (SSSR count). The number of urea groups is 1. The Morgan fingerprint density at radius 1 is 1.32 bits per heavy atom. The quantitative estimate of drug-likeness (QED) is 0.883. The van der Waals surface area contributed by atoms with Crippen molar-refractivity contribution < 1.29 is 19.4 Å². The molecule has 0 aliphatic heterocycles. The lowest BCUT2D eigenvalue weighted by molar-refractivity contribution is 0.0693. The zero-order valence-electron chi connectivity index (χ0n) is 12.1. The molecule has 1 aromatic heterocycles. The molecule has 0 saturated heterocycles. The van der Waals surface area contributed by atoms with Crippen molar-refractivity contribution in [2.75, 3.05) is 19.4 Å². The van der Waals surface area contributed by atoms with Crippen molar-refractivity contribution in [3.63, 3.8) is 0 Å². The van der Waals surface area contributed by atoms with Gasteiger partial charge in [-0.25, -0.2) is 9.59 Å². The van der Waals surface area contributed by atoms with Crippen LogP contribution in [0.5, 0.6) is 5.88 Å². The van der Waals surface area contributed by atoms with E-state index in [1.807, 2.05) is 30.3 Å². The van der Waals surface area contributed by atoms with Crippen LogP contribution < -0.4 is 10.1 Å². The first-order valence-corrected chi connectivity index (χ1v) is 7.14. The van der Waals surface area contributed by atoms with Crippen LogP contribution in [0.25, 0.3) is 0 Å². The van der Waals surface area contributed by atoms with E-state index in [1.54, 1.807) is 14.1 Å². The second-order valence-corrected chi connectivity index (χ2v) is 5.37. The predicted octanol–water partition coefficient (Wildman–Crippen LogP) is 2.51. The first kappa shape index (κ1) is 15.8. The van der Waals surface area contributed by atoms with E-state index in [9.17, 15) is 14.7 Å². The third-order valence-electron chi connectivity index (χ3n) is 2.72. The van der Waals surface area contributed by atoms with Gasteiger partial charge in [0.15, 0.2) is 5.56 Å². The van der Waals surface area contributed by atoms with Crippen molar-refractivity contribution in [1.29, 1.82) is 0 Å². The molecule has 0 fully saturated rings. The Morgan fingerprint density at radius 2 is 2.00 bits per heavy atom. The lowest BCUT2D eigenvalue weighted by Crippen LogP contribution is -2.27. The summed E-state index contributed by atoms with van der Waals surface area (Å²) in [7, 11) is 3.12. The summed E-state index contributed by atoms with van der Waals surface area (Å²) < 4.78 is 9.43. The molecule has 0 saturated carbocycles. The number of carboxylic acids is 1. The number of hydrogen-bond donors (Lipinski definition) is 2. The number of carbonyl (C=O) groups is 2. The molecule has 0 aliphatic rings. The van der Waals surface area contributed by atoms with Crippen molar-refractivity contribution in [2.45, 2.75) is 6.61 Å². The summed E-state index contributed by atoms with van der Waals surface area (Å²) in [4.78, 5) is 24.3. The summed E-state index contributed by atoms with van der Waals surface area (Å²) >= 11 is 0.871. The largest absolute Gasteiger partial charge is 0.477 e. The fraction of sp³-hybridized carbons (Fsp3) is 0.214. The van der Waals surface area contributed by atoms with Gasteiger partial charge in [-0.15, -0.1) is 0 Å². The second kappa shape index (κ2) is 6.90. The summed E-state index contributed by atoms with van der Waals surface area (Å²) in [6, 6.07) is 8.90. The smallest absolute Gasteiger partial charge is 0.344 e. The van der Waals surface area contributed by atoms with Crippen LogP contribution in [-0.4, -0.2) is 40.5 Å². The molecule has 1 heterocycles. The Bertz CT molecular complexity index is 670. The average Bonchev–Trinajstić information content (AvgIpc) is 2.89. The monoisotopic (exact) mass is 321 g/mol. The Morgan fingerprint density at radius 3 is 2.59 bits per heavy atom. The number of amides is 2. The molecule has 0 bridgehead atoms. The highest BCUT2D eigenvalue weighted by atomic mass is 32.1. The number of ether oxygens (including phenoxy) is 1. The topological polar surface area (TPSA) is 91.8 Å². The lowest BCUT2D eigenvalue weighted by Gasteiger charge is -2.10. The van der Waals surface area contributed by atoms with Gasteiger partial charge in [-0.1, -0.05) is 30.3 Å². The number of aromatic nitrogens is 1. The number of aromatic carboxylic acids is 1. The second-order valence-electron chi connectivity index (χ2n) is 4.60. The maximum atomic E-state index is 11.6. The molecular weight excluding hydrogens is 306 g/mol. The van der Waals surface area contributed by atoms with E-state index >= 15 is 0 Å². The molecule has 7 nitrogen and oxygen atoms in total. The molecule has 2 amide bonds. The molecular formula is C14H15N3O4S. The molecule has 0 unspecified atom stereocenters. The van der Waals surface area contributed by atoms with E-state index in [4.69, 9.17) is 4.74 Å². The minimum absolute atomic E-state index is 0.00425. The molecule has 1 aromatic carbocycles. The highest BCUT2D eigenvalue weighted by molar-refractivity contribution is 7.11. The zero-order valence-corrected chi connectivity index (χ0v) is 12.9. The molecule has 0 spiro atoms. The Labute approximate surface area is 131 Å². The highest BCUT2D eigenvalue weighted by Crippen LogP contribution is 2.31. The van der Waals surface area contributed by atoms with Crippen molar-refractivity contribution in [2.24, 2.45) is 0 Å². The van der Waals surface area contributed by atoms with Crippen LogP contribution in [0.3, 0.4) is 0 Å². The Hall–Kier alpha value is -2.61. The van der Waals surface area contributed by atoms with Gasteiger partial charge in [-0.05, 0) is 17.1 Å². The van der Waals surface area contributed by atoms with E-state index < -0.39 is 12.0 Å². The van der Waals surface area contributed by atoms with Gasteiger partial charge in [0.1, 0.15) is 11.6 Å². The molecule has 2 aromatic rings. The normalized spacial score (nSPS) is 10.1. The average molecular weight is 321 g/mol. The minimum Gasteiger partial charge on any atom is -0.477 e. The third-order valence-corrected chi connectivity index (χ3v) is 3.47.